The van der Waals surface area contributed by atoms with E-state index in [4.69, 9.17) is 0 Å². The van der Waals surface area contributed by atoms with Crippen molar-refractivity contribution in [1.82, 2.24) is 4.90 Å². The van der Waals surface area contributed by atoms with Gasteiger partial charge >= 0.3 is 0 Å². The van der Waals surface area contributed by atoms with E-state index in [0.717, 1.165) is 47.4 Å². The SMILES string of the molecule is Cc1ccc(C)c(NC(=O)CN2C(=O)C3CCCCC3C2=O)c1. The van der Waals surface area contributed by atoms with Crippen LogP contribution in [0.15, 0.2) is 18.2 Å². The third-order valence-corrected chi connectivity index (χ3v) is 4.90. The largest absolute Gasteiger partial charge is 0.324 e. The molecule has 0 spiro atoms. The van der Waals surface area contributed by atoms with Gasteiger partial charge in [-0.25, -0.2) is 0 Å². The minimum atomic E-state index is -0.320. The zero-order valence-electron chi connectivity index (χ0n) is 13.6. The van der Waals surface area contributed by atoms with Crippen molar-refractivity contribution in [2.45, 2.75) is 39.5 Å². The van der Waals surface area contributed by atoms with Gasteiger partial charge < -0.3 is 5.32 Å². The summed E-state index contributed by atoms with van der Waals surface area (Å²) in [5.41, 5.74) is 2.73. The number of benzene rings is 1. The number of hydrogen-bond donors (Lipinski definition) is 1. The van der Waals surface area contributed by atoms with Crippen LogP contribution in [0.1, 0.15) is 36.8 Å². The van der Waals surface area contributed by atoms with Crippen LogP contribution in [0.3, 0.4) is 0 Å². The topological polar surface area (TPSA) is 66.5 Å². The van der Waals surface area contributed by atoms with Crippen molar-refractivity contribution in [3.8, 4) is 0 Å². The van der Waals surface area contributed by atoms with Crippen molar-refractivity contribution in [1.29, 1.82) is 0 Å². The van der Waals surface area contributed by atoms with E-state index < -0.39 is 0 Å². The van der Waals surface area contributed by atoms with E-state index in [1.165, 1.54) is 0 Å². The second-order valence-electron chi connectivity index (χ2n) is 6.63. The number of hydrogen-bond acceptors (Lipinski definition) is 3. The first kappa shape index (κ1) is 15.7. The van der Waals surface area contributed by atoms with Gasteiger partial charge in [-0.1, -0.05) is 25.0 Å². The van der Waals surface area contributed by atoms with E-state index in [9.17, 15) is 14.4 Å². The highest BCUT2D eigenvalue weighted by atomic mass is 16.2. The van der Waals surface area contributed by atoms with E-state index >= 15 is 0 Å². The summed E-state index contributed by atoms with van der Waals surface area (Å²) >= 11 is 0. The summed E-state index contributed by atoms with van der Waals surface area (Å²) in [6, 6.07) is 5.80. The van der Waals surface area contributed by atoms with Crippen LogP contribution in [0.4, 0.5) is 5.69 Å². The molecule has 1 aromatic carbocycles. The third kappa shape index (κ3) is 3.00. The standard InChI is InChI=1S/C18H22N2O3/c1-11-7-8-12(2)15(9-11)19-16(21)10-20-17(22)13-5-3-4-6-14(13)18(20)23/h7-9,13-14H,3-6,10H2,1-2H3,(H,19,21). The predicted molar refractivity (Wildman–Crippen MR) is 86.7 cm³/mol. The molecular weight excluding hydrogens is 292 g/mol. The van der Waals surface area contributed by atoms with Crippen molar-refractivity contribution in [3.05, 3.63) is 29.3 Å². The number of aryl methyl sites for hydroxylation is 2. The monoisotopic (exact) mass is 314 g/mol. The highest BCUT2D eigenvalue weighted by Gasteiger charge is 2.48. The van der Waals surface area contributed by atoms with Gasteiger partial charge in [0.2, 0.25) is 17.7 Å². The molecule has 1 N–H and O–H groups in total. The molecule has 1 aliphatic heterocycles. The molecule has 122 valence electrons. The van der Waals surface area contributed by atoms with Gasteiger partial charge in [0.1, 0.15) is 6.54 Å². The lowest BCUT2D eigenvalue weighted by atomic mass is 9.81. The Hall–Kier alpha value is -2.17. The maximum absolute atomic E-state index is 12.4. The molecule has 2 fully saturated rings. The molecule has 3 amide bonds. The molecule has 0 radical (unpaired) electrons. The minimum Gasteiger partial charge on any atom is -0.324 e. The first-order chi connectivity index (χ1) is 11.0. The lowest BCUT2D eigenvalue weighted by Crippen LogP contribution is -2.38. The number of nitrogens with zero attached hydrogens (tertiary/aromatic N) is 1. The molecule has 2 atom stereocenters. The number of fused-ring (bicyclic) bond motifs is 1. The fraction of sp³-hybridized carbons (Fsp3) is 0.500. The Labute approximate surface area is 136 Å². The fourth-order valence-corrected chi connectivity index (χ4v) is 3.59. The molecule has 1 heterocycles. The number of carbonyl (C=O) groups is 3. The normalized spacial score (nSPS) is 23.8. The lowest BCUT2D eigenvalue weighted by molar-refractivity contribution is -0.142. The van der Waals surface area contributed by atoms with Crippen LogP contribution in [-0.2, 0) is 14.4 Å². The number of carbonyl (C=O) groups excluding carboxylic acids is 3. The maximum Gasteiger partial charge on any atom is 0.244 e. The van der Waals surface area contributed by atoms with Gasteiger partial charge in [-0.15, -0.1) is 0 Å². The zero-order chi connectivity index (χ0) is 16.6. The Bertz CT molecular complexity index is 644. The van der Waals surface area contributed by atoms with Gasteiger partial charge in [-0.3, -0.25) is 19.3 Å². The van der Waals surface area contributed by atoms with E-state index in [1.807, 2.05) is 32.0 Å². The second-order valence-corrected chi connectivity index (χ2v) is 6.63. The Morgan fingerprint density at radius 3 is 2.35 bits per heavy atom. The Balaban J connectivity index is 1.69. The molecule has 5 nitrogen and oxygen atoms in total. The number of anilines is 1. The highest BCUT2D eigenvalue weighted by Crippen LogP contribution is 2.37. The molecule has 0 aromatic heterocycles. The van der Waals surface area contributed by atoms with Gasteiger partial charge in [0, 0.05) is 5.69 Å². The summed E-state index contributed by atoms with van der Waals surface area (Å²) in [6.45, 7) is 3.68. The van der Waals surface area contributed by atoms with Crippen LogP contribution in [0.5, 0.6) is 0 Å². The highest BCUT2D eigenvalue weighted by molar-refractivity contribution is 6.08. The number of likely N-dealkylation sites (tertiary alicyclic amines) is 1. The van der Waals surface area contributed by atoms with Crippen LogP contribution >= 0.6 is 0 Å². The zero-order valence-corrected chi connectivity index (χ0v) is 13.6. The van der Waals surface area contributed by atoms with Gasteiger partial charge in [-0.05, 0) is 43.9 Å². The number of amides is 3. The second kappa shape index (κ2) is 6.14. The first-order valence-electron chi connectivity index (χ1n) is 8.19. The summed E-state index contributed by atoms with van der Waals surface area (Å²) < 4.78 is 0. The molecule has 2 unspecified atom stereocenters. The van der Waals surface area contributed by atoms with Crippen molar-refractivity contribution in [2.24, 2.45) is 11.8 Å². The van der Waals surface area contributed by atoms with Crippen molar-refractivity contribution in [2.75, 3.05) is 11.9 Å². The third-order valence-electron chi connectivity index (χ3n) is 4.90. The minimum absolute atomic E-state index is 0.171. The smallest absolute Gasteiger partial charge is 0.244 e. The summed E-state index contributed by atoms with van der Waals surface area (Å²) in [5.74, 6) is -1.07. The average Bonchev–Trinajstić information content (AvgIpc) is 2.76. The van der Waals surface area contributed by atoms with E-state index in [2.05, 4.69) is 5.32 Å². The molecule has 1 aromatic rings. The lowest BCUT2D eigenvalue weighted by Gasteiger charge is -2.19. The van der Waals surface area contributed by atoms with Crippen LogP contribution in [0.25, 0.3) is 0 Å². The van der Waals surface area contributed by atoms with Crippen molar-refractivity contribution < 1.29 is 14.4 Å². The molecule has 1 saturated carbocycles. The van der Waals surface area contributed by atoms with E-state index in [0.29, 0.717) is 0 Å². The molecule has 2 aliphatic rings. The van der Waals surface area contributed by atoms with Crippen LogP contribution in [0.2, 0.25) is 0 Å². The van der Waals surface area contributed by atoms with Crippen LogP contribution in [0, 0.1) is 25.7 Å². The number of rotatable bonds is 3. The maximum atomic E-state index is 12.4. The summed E-state index contributed by atoms with van der Waals surface area (Å²) in [6.07, 6.45) is 3.51. The van der Waals surface area contributed by atoms with E-state index in [1.54, 1.807) is 0 Å². The van der Waals surface area contributed by atoms with Gasteiger partial charge in [-0.2, -0.15) is 0 Å². The molecule has 3 rings (SSSR count). The van der Waals surface area contributed by atoms with Gasteiger partial charge in [0.05, 0.1) is 11.8 Å². The fourth-order valence-electron chi connectivity index (χ4n) is 3.59. The van der Waals surface area contributed by atoms with Crippen LogP contribution in [-0.4, -0.2) is 29.2 Å². The Morgan fingerprint density at radius 1 is 1.13 bits per heavy atom. The summed E-state index contributed by atoms with van der Waals surface area (Å²) in [7, 11) is 0. The average molecular weight is 314 g/mol. The first-order valence-corrected chi connectivity index (χ1v) is 8.19. The van der Waals surface area contributed by atoms with Gasteiger partial charge in [0.15, 0.2) is 0 Å². The number of nitrogens with one attached hydrogen (secondary N) is 1. The van der Waals surface area contributed by atoms with Gasteiger partial charge in [0.25, 0.3) is 0 Å². The molecule has 23 heavy (non-hydrogen) atoms. The number of imide groups is 1. The predicted octanol–water partition coefficient (Wildman–Crippen LogP) is 2.42. The summed E-state index contributed by atoms with van der Waals surface area (Å²) in [5, 5.41) is 2.82. The molecule has 0 bridgehead atoms. The molecule has 1 saturated heterocycles. The Morgan fingerprint density at radius 2 is 1.74 bits per heavy atom. The van der Waals surface area contributed by atoms with Crippen LogP contribution < -0.4 is 5.32 Å². The molecular formula is C18H22N2O3. The molecule has 5 heteroatoms. The quantitative estimate of drug-likeness (QED) is 0.871. The van der Waals surface area contributed by atoms with Crippen molar-refractivity contribution >= 4 is 23.4 Å². The Kier molecular flexibility index (Phi) is 4.20. The molecule has 1 aliphatic carbocycles. The van der Waals surface area contributed by atoms with E-state index in [-0.39, 0.29) is 36.1 Å². The summed E-state index contributed by atoms with van der Waals surface area (Å²) in [4.78, 5) is 38.2. The van der Waals surface area contributed by atoms with Crippen molar-refractivity contribution in [3.63, 3.8) is 0 Å².